The first-order valence-corrected chi connectivity index (χ1v) is 8.80. The normalized spacial score (nSPS) is 10.9. The number of aromatic nitrogens is 2. The van der Waals surface area contributed by atoms with Gasteiger partial charge in [-0.25, -0.2) is 4.98 Å². The average Bonchev–Trinajstić information content (AvgIpc) is 3.02. The summed E-state index contributed by atoms with van der Waals surface area (Å²) in [6, 6.07) is 21.2. The Kier molecular flexibility index (Phi) is 5.67. The van der Waals surface area contributed by atoms with Crippen LogP contribution in [0.3, 0.4) is 0 Å². The fraction of sp³-hybridized carbons (Fsp3) is 0.118. The molecule has 0 aliphatic carbocycles. The highest BCUT2D eigenvalue weighted by molar-refractivity contribution is 7.85. The van der Waals surface area contributed by atoms with Crippen LogP contribution < -0.4 is 0 Å². The maximum atomic E-state index is 9.19. The van der Waals surface area contributed by atoms with Crippen molar-refractivity contribution in [2.45, 2.75) is 6.04 Å². The Morgan fingerprint density at radius 3 is 1.74 bits per heavy atom. The van der Waals surface area contributed by atoms with Gasteiger partial charge in [0.2, 0.25) is 0 Å². The zero-order valence-electron chi connectivity index (χ0n) is 12.6. The minimum atomic E-state index is -3.67. The first-order valence-electron chi connectivity index (χ1n) is 6.95. The van der Waals surface area contributed by atoms with Gasteiger partial charge in [-0.2, -0.15) is 8.42 Å². The molecule has 1 aromatic heterocycles. The maximum Gasteiger partial charge on any atom is 0.261 e. The van der Waals surface area contributed by atoms with Crippen molar-refractivity contribution >= 4 is 10.1 Å². The van der Waals surface area contributed by atoms with Crippen molar-refractivity contribution in [1.82, 2.24) is 9.55 Å². The molecule has 0 spiro atoms. The van der Waals surface area contributed by atoms with Gasteiger partial charge in [0, 0.05) is 12.4 Å². The molecule has 5 nitrogen and oxygen atoms in total. The molecule has 6 heteroatoms. The third kappa shape index (κ3) is 5.69. The van der Waals surface area contributed by atoms with Crippen LogP contribution in [0.15, 0.2) is 79.4 Å². The number of hydrogen-bond acceptors (Lipinski definition) is 3. The lowest BCUT2D eigenvalue weighted by atomic mass is 9.99. The van der Waals surface area contributed by atoms with Gasteiger partial charge in [0.05, 0.1) is 18.6 Å². The molecule has 23 heavy (non-hydrogen) atoms. The van der Waals surface area contributed by atoms with Gasteiger partial charge in [-0.15, -0.1) is 0 Å². The molecule has 0 atom stereocenters. The number of benzene rings is 2. The van der Waals surface area contributed by atoms with Crippen molar-refractivity contribution in [1.29, 1.82) is 0 Å². The van der Waals surface area contributed by atoms with E-state index in [9.17, 15) is 8.42 Å². The molecule has 0 unspecified atom stereocenters. The second-order valence-corrected chi connectivity index (χ2v) is 6.43. The Balaban J connectivity index is 0.000000338. The van der Waals surface area contributed by atoms with Crippen molar-refractivity contribution in [3.8, 4) is 0 Å². The largest absolute Gasteiger partial charge is 0.326 e. The fourth-order valence-electron chi connectivity index (χ4n) is 2.23. The van der Waals surface area contributed by atoms with Crippen molar-refractivity contribution in [3.05, 3.63) is 90.5 Å². The van der Waals surface area contributed by atoms with Gasteiger partial charge in [0.1, 0.15) is 0 Å². The summed E-state index contributed by atoms with van der Waals surface area (Å²) >= 11 is 0. The smallest absolute Gasteiger partial charge is 0.261 e. The number of imidazole rings is 1. The molecule has 0 aliphatic rings. The Morgan fingerprint density at radius 1 is 0.957 bits per heavy atom. The SMILES string of the molecule is CS(=O)(=O)O.c1ccc(C(c2ccccc2)n2ccnc2)cc1. The summed E-state index contributed by atoms with van der Waals surface area (Å²) in [6.45, 7) is 0. The molecule has 0 saturated carbocycles. The third-order valence-electron chi connectivity index (χ3n) is 3.05. The van der Waals surface area contributed by atoms with Gasteiger partial charge in [0.15, 0.2) is 0 Å². The van der Waals surface area contributed by atoms with Crippen LogP contribution in [-0.4, -0.2) is 28.8 Å². The van der Waals surface area contributed by atoms with Crippen LogP contribution in [0.1, 0.15) is 17.2 Å². The monoisotopic (exact) mass is 330 g/mol. The van der Waals surface area contributed by atoms with Crippen molar-refractivity contribution in [2.75, 3.05) is 6.26 Å². The second kappa shape index (κ2) is 7.71. The molecule has 0 radical (unpaired) electrons. The summed E-state index contributed by atoms with van der Waals surface area (Å²) in [5, 5.41) is 0. The molecule has 120 valence electrons. The first kappa shape index (κ1) is 16.9. The van der Waals surface area contributed by atoms with E-state index in [-0.39, 0.29) is 6.04 Å². The van der Waals surface area contributed by atoms with Gasteiger partial charge in [0.25, 0.3) is 10.1 Å². The highest BCUT2D eigenvalue weighted by Gasteiger charge is 2.14. The Morgan fingerprint density at radius 2 is 1.39 bits per heavy atom. The van der Waals surface area contributed by atoms with Gasteiger partial charge < -0.3 is 4.57 Å². The molecule has 1 N–H and O–H groups in total. The van der Waals surface area contributed by atoms with Crippen LogP contribution >= 0.6 is 0 Å². The fourth-order valence-corrected chi connectivity index (χ4v) is 2.23. The predicted octanol–water partition coefficient (Wildman–Crippen LogP) is 3.02. The summed E-state index contributed by atoms with van der Waals surface area (Å²) < 4.78 is 28.0. The minimum Gasteiger partial charge on any atom is -0.326 e. The zero-order valence-corrected chi connectivity index (χ0v) is 13.5. The van der Waals surface area contributed by atoms with E-state index in [2.05, 4.69) is 58.1 Å². The van der Waals surface area contributed by atoms with Crippen LogP contribution in [0.25, 0.3) is 0 Å². The van der Waals surface area contributed by atoms with Crippen LogP contribution in [0, 0.1) is 0 Å². The van der Waals surface area contributed by atoms with Crippen LogP contribution in [0.4, 0.5) is 0 Å². The quantitative estimate of drug-likeness (QED) is 0.749. The Bertz CT molecular complexity index is 754. The minimum absolute atomic E-state index is 0.190. The van der Waals surface area contributed by atoms with E-state index in [1.807, 2.05) is 30.9 Å². The topological polar surface area (TPSA) is 72.2 Å². The first-order chi connectivity index (χ1) is 10.9. The van der Waals surface area contributed by atoms with Crippen LogP contribution in [0.5, 0.6) is 0 Å². The Hall–Kier alpha value is -2.44. The lowest BCUT2D eigenvalue weighted by molar-refractivity contribution is 0.490. The van der Waals surface area contributed by atoms with Crippen molar-refractivity contribution in [2.24, 2.45) is 0 Å². The molecule has 0 fully saturated rings. The number of hydrogen-bond donors (Lipinski definition) is 1. The van der Waals surface area contributed by atoms with Gasteiger partial charge in [-0.05, 0) is 11.1 Å². The molecule has 3 rings (SSSR count). The van der Waals surface area contributed by atoms with Gasteiger partial charge >= 0.3 is 0 Å². The predicted molar refractivity (Wildman–Crippen MR) is 89.8 cm³/mol. The zero-order chi connectivity index (χ0) is 16.7. The average molecular weight is 330 g/mol. The van der Waals surface area contributed by atoms with Gasteiger partial charge in [-0.3, -0.25) is 4.55 Å². The molecular formula is C17H18N2O3S. The third-order valence-corrected chi connectivity index (χ3v) is 3.05. The molecule has 2 aromatic carbocycles. The molecule has 3 aromatic rings. The van der Waals surface area contributed by atoms with Crippen LogP contribution in [-0.2, 0) is 10.1 Å². The maximum absolute atomic E-state index is 9.19. The van der Waals surface area contributed by atoms with Crippen molar-refractivity contribution < 1.29 is 13.0 Å². The Labute approximate surface area is 136 Å². The summed E-state index contributed by atoms with van der Waals surface area (Å²) in [5.41, 5.74) is 2.53. The van der Waals surface area contributed by atoms with E-state index >= 15 is 0 Å². The summed E-state index contributed by atoms with van der Waals surface area (Å²) in [7, 11) is -3.67. The highest BCUT2D eigenvalue weighted by Crippen LogP contribution is 2.25. The summed E-state index contributed by atoms with van der Waals surface area (Å²) in [6.07, 6.45) is 6.40. The molecular weight excluding hydrogens is 312 g/mol. The lowest BCUT2D eigenvalue weighted by Gasteiger charge is -2.19. The van der Waals surface area contributed by atoms with Gasteiger partial charge in [-0.1, -0.05) is 60.7 Å². The molecule has 0 aliphatic heterocycles. The van der Waals surface area contributed by atoms with E-state index in [0.29, 0.717) is 6.26 Å². The summed E-state index contributed by atoms with van der Waals surface area (Å²) in [4.78, 5) is 4.16. The molecule has 0 amide bonds. The molecule has 0 bridgehead atoms. The number of rotatable bonds is 3. The van der Waals surface area contributed by atoms with E-state index in [1.54, 1.807) is 0 Å². The van der Waals surface area contributed by atoms with E-state index in [1.165, 1.54) is 11.1 Å². The number of nitrogens with zero attached hydrogens (tertiary/aromatic N) is 2. The highest BCUT2D eigenvalue weighted by atomic mass is 32.2. The molecule has 1 heterocycles. The van der Waals surface area contributed by atoms with E-state index in [0.717, 1.165) is 0 Å². The molecule has 0 saturated heterocycles. The van der Waals surface area contributed by atoms with E-state index < -0.39 is 10.1 Å². The van der Waals surface area contributed by atoms with E-state index in [4.69, 9.17) is 4.55 Å². The summed E-state index contributed by atoms with van der Waals surface area (Å²) in [5.74, 6) is 0. The standard InChI is InChI=1S/C16H14N2.CH4O3S/c1-3-7-14(8-4-1)16(18-12-11-17-13-18)15-9-5-2-6-10-15;1-5(2,3)4/h1-13,16H;1H3,(H,2,3,4). The van der Waals surface area contributed by atoms with Crippen molar-refractivity contribution in [3.63, 3.8) is 0 Å². The lowest BCUT2D eigenvalue weighted by Crippen LogP contribution is -2.10. The second-order valence-electron chi connectivity index (χ2n) is 4.97. The van der Waals surface area contributed by atoms with Crippen LogP contribution in [0.2, 0.25) is 0 Å².